The molecule has 0 saturated heterocycles. The molecule has 3 heteroatoms. The second-order valence-corrected chi connectivity index (χ2v) is 6.89. The number of hydrogen-bond acceptors (Lipinski definition) is 2. The van der Waals surface area contributed by atoms with Gasteiger partial charge in [-0.15, -0.1) is 0 Å². The molecule has 0 bridgehead atoms. The van der Waals surface area contributed by atoms with Gasteiger partial charge in [-0.1, -0.05) is 51.1 Å². The van der Waals surface area contributed by atoms with Gasteiger partial charge in [0.1, 0.15) is 0 Å². The Morgan fingerprint density at radius 3 is 2.22 bits per heavy atom. The summed E-state index contributed by atoms with van der Waals surface area (Å²) in [5.74, 6) is -0.0794. The summed E-state index contributed by atoms with van der Waals surface area (Å²) in [7, 11) is 0. The van der Waals surface area contributed by atoms with Crippen molar-refractivity contribution in [2.24, 2.45) is 5.41 Å². The largest absolute Gasteiger partial charge is 0.345 e. The van der Waals surface area contributed by atoms with E-state index in [1.54, 1.807) is 12.1 Å². The van der Waals surface area contributed by atoms with Gasteiger partial charge in [0, 0.05) is 5.56 Å². The summed E-state index contributed by atoms with van der Waals surface area (Å²) in [5.41, 5.74) is 2.36. The first-order valence-electron chi connectivity index (χ1n) is 7.75. The molecule has 2 aromatic rings. The van der Waals surface area contributed by atoms with E-state index in [0.29, 0.717) is 11.1 Å². The van der Waals surface area contributed by atoms with E-state index in [2.05, 4.69) is 32.2 Å². The van der Waals surface area contributed by atoms with Crippen LogP contribution in [0.4, 0.5) is 0 Å². The van der Waals surface area contributed by atoms with Crippen molar-refractivity contribution >= 4 is 5.91 Å². The average Bonchev–Trinajstić information content (AvgIpc) is 2.54. The first-order valence-corrected chi connectivity index (χ1v) is 7.75. The summed E-state index contributed by atoms with van der Waals surface area (Å²) >= 11 is 0. The standard InChI is InChI=1S/C20H22N2O/c1-20(2,3)13-18(16-11-9-15(14-21)10-12-16)22-19(23)17-7-5-4-6-8-17/h4-12,18H,13H2,1-3H3,(H,22,23). The molecule has 0 aromatic heterocycles. The highest BCUT2D eigenvalue weighted by molar-refractivity contribution is 5.94. The van der Waals surface area contributed by atoms with Crippen LogP contribution in [0.2, 0.25) is 0 Å². The fraction of sp³-hybridized carbons (Fsp3) is 0.300. The van der Waals surface area contributed by atoms with Crippen molar-refractivity contribution in [1.29, 1.82) is 5.26 Å². The van der Waals surface area contributed by atoms with Crippen LogP contribution >= 0.6 is 0 Å². The third-order valence-corrected chi connectivity index (χ3v) is 3.60. The fourth-order valence-corrected chi connectivity index (χ4v) is 2.49. The van der Waals surface area contributed by atoms with Crippen molar-refractivity contribution in [3.05, 3.63) is 71.3 Å². The fourth-order valence-electron chi connectivity index (χ4n) is 2.49. The molecule has 0 heterocycles. The summed E-state index contributed by atoms with van der Waals surface area (Å²) in [6.45, 7) is 6.45. The summed E-state index contributed by atoms with van der Waals surface area (Å²) in [6.07, 6.45) is 0.817. The lowest BCUT2D eigenvalue weighted by Crippen LogP contribution is -2.31. The smallest absolute Gasteiger partial charge is 0.251 e. The molecule has 1 atom stereocenters. The van der Waals surface area contributed by atoms with Crippen LogP contribution in [-0.2, 0) is 0 Å². The van der Waals surface area contributed by atoms with Crippen LogP contribution in [0.1, 0.15) is 54.7 Å². The van der Waals surface area contributed by atoms with Crippen molar-refractivity contribution in [3.63, 3.8) is 0 Å². The summed E-state index contributed by atoms with van der Waals surface area (Å²) in [6, 6.07) is 18.7. The molecule has 1 N–H and O–H groups in total. The number of nitriles is 1. The van der Waals surface area contributed by atoms with Gasteiger partial charge in [-0.2, -0.15) is 5.26 Å². The maximum atomic E-state index is 12.5. The van der Waals surface area contributed by atoms with Crippen LogP contribution < -0.4 is 5.32 Å². The molecular formula is C20H22N2O. The maximum Gasteiger partial charge on any atom is 0.251 e. The monoisotopic (exact) mass is 306 g/mol. The van der Waals surface area contributed by atoms with Crippen molar-refractivity contribution in [2.75, 3.05) is 0 Å². The van der Waals surface area contributed by atoms with Gasteiger partial charge in [0.15, 0.2) is 0 Å². The Hall–Kier alpha value is -2.60. The average molecular weight is 306 g/mol. The van der Waals surface area contributed by atoms with Crippen LogP contribution in [0.15, 0.2) is 54.6 Å². The van der Waals surface area contributed by atoms with Gasteiger partial charge in [-0.3, -0.25) is 4.79 Å². The number of hydrogen-bond donors (Lipinski definition) is 1. The highest BCUT2D eigenvalue weighted by Crippen LogP contribution is 2.29. The lowest BCUT2D eigenvalue weighted by Gasteiger charge is -2.27. The van der Waals surface area contributed by atoms with Crippen LogP contribution in [0, 0.1) is 16.7 Å². The lowest BCUT2D eigenvalue weighted by molar-refractivity contribution is 0.0926. The maximum absolute atomic E-state index is 12.5. The van der Waals surface area contributed by atoms with E-state index in [1.807, 2.05) is 42.5 Å². The van der Waals surface area contributed by atoms with E-state index >= 15 is 0 Å². The van der Waals surface area contributed by atoms with Gasteiger partial charge >= 0.3 is 0 Å². The molecule has 0 aliphatic heterocycles. The van der Waals surface area contributed by atoms with Gasteiger partial charge in [0.25, 0.3) is 5.91 Å². The predicted octanol–water partition coefficient (Wildman–Crippen LogP) is 4.47. The second-order valence-electron chi connectivity index (χ2n) is 6.89. The van der Waals surface area contributed by atoms with E-state index in [9.17, 15) is 4.79 Å². The highest BCUT2D eigenvalue weighted by Gasteiger charge is 2.22. The second kappa shape index (κ2) is 7.11. The topological polar surface area (TPSA) is 52.9 Å². The minimum Gasteiger partial charge on any atom is -0.345 e. The van der Waals surface area contributed by atoms with Crippen molar-refractivity contribution < 1.29 is 4.79 Å². The Morgan fingerprint density at radius 1 is 1.09 bits per heavy atom. The highest BCUT2D eigenvalue weighted by atomic mass is 16.1. The van der Waals surface area contributed by atoms with Gasteiger partial charge in [0.2, 0.25) is 0 Å². The van der Waals surface area contributed by atoms with Crippen LogP contribution in [0.5, 0.6) is 0 Å². The molecule has 0 fully saturated rings. The van der Waals surface area contributed by atoms with Gasteiger partial charge in [-0.05, 0) is 41.7 Å². The molecule has 23 heavy (non-hydrogen) atoms. The molecule has 1 unspecified atom stereocenters. The Bertz CT molecular complexity index is 691. The summed E-state index contributed by atoms with van der Waals surface area (Å²) in [5, 5.41) is 12.0. The Labute approximate surface area is 138 Å². The van der Waals surface area contributed by atoms with Crippen LogP contribution in [0.3, 0.4) is 0 Å². The Kier molecular flexibility index (Phi) is 5.18. The van der Waals surface area contributed by atoms with Gasteiger partial charge in [0.05, 0.1) is 17.7 Å². The number of carbonyl (C=O) groups is 1. The third-order valence-electron chi connectivity index (χ3n) is 3.60. The quantitative estimate of drug-likeness (QED) is 0.906. The molecule has 0 saturated carbocycles. The van der Waals surface area contributed by atoms with E-state index in [1.165, 1.54) is 0 Å². The number of benzene rings is 2. The molecule has 0 aliphatic carbocycles. The van der Waals surface area contributed by atoms with E-state index < -0.39 is 0 Å². The molecule has 2 aromatic carbocycles. The van der Waals surface area contributed by atoms with E-state index in [-0.39, 0.29) is 17.4 Å². The van der Waals surface area contributed by atoms with E-state index in [0.717, 1.165) is 12.0 Å². The van der Waals surface area contributed by atoms with Crippen molar-refractivity contribution in [1.82, 2.24) is 5.32 Å². The molecule has 0 radical (unpaired) electrons. The summed E-state index contributed by atoms with van der Waals surface area (Å²) in [4.78, 5) is 12.5. The van der Waals surface area contributed by atoms with Gasteiger partial charge in [-0.25, -0.2) is 0 Å². The van der Waals surface area contributed by atoms with Gasteiger partial charge < -0.3 is 5.32 Å². The molecule has 3 nitrogen and oxygen atoms in total. The minimum atomic E-state index is -0.0875. The number of amides is 1. The van der Waals surface area contributed by atoms with Crippen LogP contribution in [-0.4, -0.2) is 5.91 Å². The Morgan fingerprint density at radius 2 is 1.70 bits per heavy atom. The lowest BCUT2D eigenvalue weighted by atomic mass is 9.85. The first-order chi connectivity index (χ1) is 10.9. The molecule has 1 amide bonds. The zero-order valence-corrected chi connectivity index (χ0v) is 13.8. The van der Waals surface area contributed by atoms with E-state index in [4.69, 9.17) is 5.26 Å². The minimum absolute atomic E-state index is 0.0720. The molecular weight excluding hydrogens is 284 g/mol. The zero-order chi connectivity index (χ0) is 16.9. The van der Waals surface area contributed by atoms with Crippen molar-refractivity contribution in [2.45, 2.75) is 33.2 Å². The Balaban J connectivity index is 2.23. The molecule has 118 valence electrons. The SMILES string of the molecule is CC(C)(C)CC(NC(=O)c1ccccc1)c1ccc(C#N)cc1. The number of carbonyl (C=O) groups excluding carboxylic acids is 1. The van der Waals surface area contributed by atoms with Crippen molar-refractivity contribution in [3.8, 4) is 6.07 Å². The normalized spacial score (nSPS) is 12.3. The molecule has 0 spiro atoms. The zero-order valence-electron chi connectivity index (χ0n) is 13.8. The predicted molar refractivity (Wildman–Crippen MR) is 91.9 cm³/mol. The molecule has 0 aliphatic rings. The first kappa shape index (κ1) is 16.8. The molecule has 2 rings (SSSR count). The summed E-state index contributed by atoms with van der Waals surface area (Å²) < 4.78 is 0. The number of nitrogens with one attached hydrogen (secondary N) is 1. The van der Waals surface area contributed by atoms with Crippen LogP contribution in [0.25, 0.3) is 0 Å². The third kappa shape index (κ3) is 4.96. The number of rotatable bonds is 4. The number of nitrogens with zero attached hydrogens (tertiary/aromatic N) is 1.